The molecular formula is C11H11N3O. The van der Waals surface area contributed by atoms with Crippen LogP contribution >= 0.6 is 0 Å². The highest BCUT2D eigenvalue weighted by molar-refractivity contribution is 5.49. The van der Waals surface area contributed by atoms with Gasteiger partial charge in [0.15, 0.2) is 5.82 Å². The highest BCUT2D eigenvalue weighted by Gasteiger charge is 2.06. The van der Waals surface area contributed by atoms with Gasteiger partial charge in [-0.05, 0) is 18.6 Å². The van der Waals surface area contributed by atoms with Gasteiger partial charge >= 0.3 is 0 Å². The van der Waals surface area contributed by atoms with Crippen molar-refractivity contribution in [1.29, 1.82) is 0 Å². The van der Waals surface area contributed by atoms with Crippen LogP contribution in [0.25, 0.3) is 11.5 Å². The van der Waals surface area contributed by atoms with Crippen LogP contribution < -0.4 is 0 Å². The lowest BCUT2D eigenvalue weighted by molar-refractivity contribution is 0.446. The van der Waals surface area contributed by atoms with Crippen molar-refractivity contribution in [3.8, 4) is 17.4 Å². The number of aromatic hydroxyl groups is 1. The topological polar surface area (TPSA) is 58.9 Å². The molecule has 0 aliphatic heterocycles. The third-order valence-electron chi connectivity index (χ3n) is 2.12. The Kier molecular flexibility index (Phi) is 2.58. The van der Waals surface area contributed by atoms with Gasteiger partial charge in [0.2, 0.25) is 5.88 Å². The van der Waals surface area contributed by atoms with Crippen molar-refractivity contribution in [2.24, 2.45) is 0 Å². The van der Waals surface area contributed by atoms with Crippen LogP contribution in [0.4, 0.5) is 0 Å². The summed E-state index contributed by atoms with van der Waals surface area (Å²) in [6.07, 6.45) is 4.02. The first-order valence-electron chi connectivity index (χ1n) is 4.77. The Balaban J connectivity index is 2.43. The zero-order chi connectivity index (χ0) is 10.7. The largest absolute Gasteiger partial charge is 0.493 e. The SMILES string of the molecule is CCc1cnc(-c2ccccn2)nc1O. The zero-order valence-electron chi connectivity index (χ0n) is 8.38. The molecule has 0 atom stereocenters. The molecule has 0 fully saturated rings. The van der Waals surface area contributed by atoms with E-state index < -0.39 is 0 Å². The number of hydrogen-bond acceptors (Lipinski definition) is 4. The maximum absolute atomic E-state index is 9.57. The van der Waals surface area contributed by atoms with Crippen molar-refractivity contribution in [3.05, 3.63) is 36.2 Å². The van der Waals surface area contributed by atoms with E-state index in [1.807, 2.05) is 19.1 Å². The molecule has 0 saturated heterocycles. The number of aryl methyl sites for hydroxylation is 1. The molecule has 0 aliphatic rings. The molecule has 0 aromatic carbocycles. The van der Waals surface area contributed by atoms with Crippen LogP contribution in [0.15, 0.2) is 30.6 Å². The van der Waals surface area contributed by atoms with Gasteiger partial charge in [-0.1, -0.05) is 13.0 Å². The van der Waals surface area contributed by atoms with E-state index in [4.69, 9.17) is 0 Å². The van der Waals surface area contributed by atoms with E-state index in [2.05, 4.69) is 15.0 Å². The Morgan fingerprint density at radius 2 is 2.13 bits per heavy atom. The highest BCUT2D eigenvalue weighted by Crippen LogP contribution is 2.17. The van der Waals surface area contributed by atoms with Crippen molar-refractivity contribution in [2.45, 2.75) is 13.3 Å². The van der Waals surface area contributed by atoms with Gasteiger partial charge in [-0.25, -0.2) is 4.98 Å². The highest BCUT2D eigenvalue weighted by atomic mass is 16.3. The minimum absolute atomic E-state index is 0.0353. The first-order valence-corrected chi connectivity index (χ1v) is 4.77. The summed E-state index contributed by atoms with van der Waals surface area (Å²) in [5, 5.41) is 9.57. The Morgan fingerprint density at radius 1 is 1.27 bits per heavy atom. The molecule has 0 amide bonds. The van der Waals surface area contributed by atoms with Gasteiger partial charge in [0.25, 0.3) is 0 Å². The fraction of sp³-hybridized carbons (Fsp3) is 0.182. The number of rotatable bonds is 2. The smallest absolute Gasteiger partial charge is 0.217 e. The van der Waals surface area contributed by atoms with Crippen LogP contribution in [0.2, 0.25) is 0 Å². The molecule has 2 aromatic rings. The Hall–Kier alpha value is -1.97. The molecule has 1 N–H and O–H groups in total. The van der Waals surface area contributed by atoms with Gasteiger partial charge in [-0.15, -0.1) is 0 Å². The third-order valence-corrected chi connectivity index (χ3v) is 2.12. The molecule has 15 heavy (non-hydrogen) atoms. The van der Waals surface area contributed by atoms with Gasteiger partial charge in [0.05, 0.1) is 0 Å². The summed E-state index contributed by atoms with van der Waals surface area (Å²) < 4.78 is 0. The fourth-order valence-corrected chi connectivity index (χ4v) is 1.27. The summed E-state index contributed by atoms with van der Waals surface area (Å²) in [4.78, 5) is 12.3. The zero-order valence-corrected chi connectivity index (χ0v) is 8.38. The molecule has 0 spiro atoms. The van der Waals surface area contributed by atoms with Crippen molar-refractivity contribution in [2.75, 3.05) is 0 Å². The second kappa shape index (κ2) is 4.04. The minimum Gasteiger partial charge on any atom is -0.493 e. The maximum atomic E-state index is 9.57. The molecule has 76 valence electrons. The van der Waals surface area contributed by atoms with Gasteiger partial charge < -0.3 is 5.11 Å². The number of aromatic nitrogens is 3. The molecule has 0 bridgehead atoms. The third kappa shape index (κ3) is 1.93. The van der Waals surface area contributed by atoms with E-state index in [1.165, 1.54) is 0 Å². The van der Waals surface area contributed by atoms with E-state index in [9.17, 15) is 5.11 Å². The average Bonchev–Trinajstić information content (AvgIpc) is 2.30. The summed E-state index contributed by atoms with van der Waals surface area (Å²) >= 11 is 0. The lowest BCUT2D eigenvalue weighted by Gasteiger charge is -2.02. The average molecular weight is 201 g/mol. The molecule has 0 aliphatic carbocycles. The van der Waals surface area contributed by atoms with Crippen LogP contribution in [0.5, 0.6) is 5.88 Å². The first-order chi connectivity index (χ1) is 7.31. The Morgan fingerprint density at radius 3 is 2.73 bits per heavy atom. The van der Waals surface area contributed by atoms with Crippen molar-refractivity contribution < 1.29 is 5.11 Å². The van der Waals surface area contributed by atoms with Crippen molar-refractivity contribution in [3.63, 3.8) is 0 Å². The van der Waals surface area contributed by atoms with Crippen LogP contribution in [-0.4, -0.2) is 20.1 Å². The number of hydrogen-bond donors (Lipinski definition) is 1. The number of pyridine rings is 1. The Labute approximate surface area is 87.7 Å². The van der Waals surface area contributed by atoms with Crippen LogP contribution in [-0.2, 0) is 6.42 Å². The van der Waals surface area contributed by atoms with Crippen molar-refractivity contribution >= 4 is 0 Å². The van der Waals surface area contributed by atoms with Crippen LogP contribution in [0.3, 0.4) is 0 Å². The van der Waals surface area contributed by atoms with Gasteiger partial charge in [-0.2, -0.15) is 4.98 Å². The standard InChI is InChI=1S/C11H11N3O/c1-2-8-7-13-10(14-11(8)15)9-5-3-4-6-12-9/h3-7H,2H2,1H3,(H,13,14,15). The normalized spacial score (nSPS) is 10.2. The van der Waals surface area contributed by atoms with E-state index >= 15 is 0 Å². The van der Waals surface area contributed by atoms with Gasteiger partial charge in [0, 0.05) is 18.0 Å². The molecule has 2 heterocycles. The van der Waals surface area contributed by atoms with Gasteiger partial charge in [0.1, 0.15) is 5.69 Å². The summed E-state index contributed by atoms with van der Waals surface area (Å²) in [6.45, 7) is 1.94. The predicted molar refractivity (Wildman–Crippen MR) is 56.3 cm³/mol. The number of nitrogens with zero attached hydrogens (tertiary/aromatic N) is 3. The monoisotopic (exact) mass is 201 g/mol. The minimum atomic E-state index is 0.0353. The molecule has 0 unspecified atom stereocenters. The second-order valence-electron chi connectivity index (χ2n) is 3.11. The lowest BCUT2D eigenvalue weighted by Crippen LogP contribution is -1.94. The molecule has 4 heteroatoms. The molecule has 0 saturated carbocycles. The maximum Gasteiger partial charge on any atom is 0.217 e. The molecule has 0 radical (unpaired) electrons. The van der Waals surface area contributed by atoms with Crippen molar-refractivity contribution in [1.82, 2.24) is 15.0 Å². The molecule has 2 aromatic heterocycles. The van der Waals surface area contributed by atoms with Crippen LogP contribution in [0, 0.1) is 0 Å². The van der Waals surface area contributed by atoms with E-state index in [1.54, 1.807) is 18.5 Å². The summed E-state index contributed by atoms with van der Waals surface area (Å²) in [5.74, 6) is 0.485. The summed E-state index contributed by atoms with van der Waals surface area (Å²) in [7, 11) is 0. The second-order valence-corrected chi connectivity index (χ2v) is 3.11. The fourth-order valence-electron chi connectivity index (χ4n) is 1.27. The summed E-state index contributed by atoms with van der Waals surface area (Å²) in [5.41, 5.74) is 1.41. The van der Waals surface area contributed by atoms with E-state index in [0.717, 1.165) is 5.56 Å². The summed E-state index contributed by atoms with van der Waals surface area (Å²) in [6, 6.07) is 5.49. The molecule has 4 nitrogen and oxygen atoms in total. The van der Waals surface area contributed by atoms with Gasteiger partial charge in [-0.3, -0.25) is 4.98 Å². The molecular weight excluding hydrogens is 190 g/mol. The Bertz CT molecular complexity index is 457. The van der Waals surface area contributed by atoms with E-state index in [-0.39, 0.29) is 5.88 Å². The first kappa shape index (κ1) is 9.58. The quantitative estimate of drug-likeness (QED) is 0.805. The van der Waals surface area contributed by atoms with Crippen LogP contribution in [0.1, 0.15) is 12.5 Å². The lowest BCUT2D eigenvalue weighted by atomic mass is 10.2. The van der Waals surface area contributed by atoms with E-state index in [0.29, 0.717) is 17.9 Å². The molecule has 2 rings (SSSR count). The predicted octanol–water partition coefficient (Wildman–Crippen LogP) is 1.81.